The number of hydrogen-bond acceptors (Lipinski definition) is 4. The molecular formula is C25H27BCl2N2O4. The highest BCUT2D eigenvalue weighted by atomic mass is 35.5. The van der Waals surface area contributed by atoms with Gasteiger partial charge in [-0.2, -0.15) is 0 Å². The van der Waals surface area contributed by atoms with Crippen LogP contribution in [0.25, 0.3) is 10.8 Å². The van der Waals surface area contributed by atoms with E-state index in [2.05, 4.69) is 10.6 Å². The number of carbonyl (C=O) groups excluding carboxylic acids is 2. The second-order valence-electron chi connectivity index (χ2n) is 8.69. The van der Waals surface area contributed by atoms with Crippen LogP contribution >= 0.6 is 23.2 Å². The number of fused-ring (bicyclic) bond motifs is 1. The fourth-order valence-electron chi connectivity index (χ4n) is 3.76. The van der Waals surface area contributed by atoms with Crippen LogP contribution in [0.1, 0.15) is 36.2 Å². The van der Waals surface area contributed by atoms with Crippen molar-refractivity contribution in [1.82, 2.24) is 10.6 Å². The fourth-order valence-corrected chi connectivity index (χ4v) is 4.14. The van der Waals surface area contributed by atoms with Crippen molar-refractivity contribution in [3.63, 3.8) is 0 Å². The standard InChI is InChI=1S/C25H27BCl2N2O4/c1-15(2)11-23(26(33)34)30-25(32)22(29-24(31)20-14-19(27)9-10-21(20)28)13-16-7-8-17-5-3-4-6-18(17)12-16/h3-10,12,14-15,22-23,33-34H,11,13H2,1-2H3,(H,29,31)(H,30,32)/t22-,23-/m0/s1. The highest BCUT2D eigenvalue weighted by Crippen LogP contribution is 2.21. The number of rotatable bonds is 9. The molecule has 6 nitrogen and oxygen atoms in total. The zero-order valence-corrected chi connectivity index (χ0v) is 20.5. The van der Waals surface area contributed by atoms with E-state index in [0.717, 1.165) is 16.3 Å². The Hall–Kier alpha value is -2.58. The van der Waals surface area contributed by atoms with Crippen molar-refractivity contribution in [2.45, 2.75) is 38.7 Å². The van der Waals surface area contributed by atoms with Gasteiger partial charge in [0.05, 0.1) is 16.5 Å². The molecule has 2 amide bonds. The van der Waals surface area contributed by atoms with Crippen LogP contribution in [0.3, 0.4) is 0 Å². The van der Waals surface area contributed by atoms with Crippen LogP contribution < -0.4 is 10.6 Å². The van der Waals surface area contributed by atoms with Gasteiger partial charge in [-0.1, -0.05) is 79.5 Å². The third-order valence-corrected chi connectivity index (χ3v) is 6.03. The second-order valence-corrected chi connectivity index (χ2v) is 9.54. The van der Waals surface area contributed by atoms with Gasteiger partial charge in [-0.25, -0.2) is 0 Å². The first-order valence-electron chi connectivity index (χ1n) is 11.0. The maximum absolute atomic E-state index is 13.2. The van der Waals surface area contributed by atoms with E-state index in [0.29, 0.717) is 11.4 Å². The van der Waals surface area contributed by atoms with Crippen molar-refractivity contribution in [3.05, 3.63) is 81.8 Å². The van der Waals surface area contributed by atoms with Gasteiger partial charge in [0.2, 0.25) is 5.91 Å². The van der Waals surface area contributed by atoms with Gasteiger partial charge >= 0.3 is 7.12 Å². The van der Waals surface area contributed by atoms with E-state index < -0.39 is 30.9 Å². The maximum atomic E-state index is 13.2. The summed E-state index contributed by atoms with van der Waals surface area (Å²) >= 11 is 12.2. The second kappa shape index (κ2) is 11.7. The summed E-state index contributed by atoms with van der Waals surface area (Å²) in [6, 6.07) is 17.2. The Morgan fingerprint density at radius 1 is 0.941 bits per heavy atom. The molecule has 3 rings (SSSR count). The lowest BCUT2D eigenvalue weighted by Gasteiger charge is -2.24. The van der Waals surface area contributed by atoms with E-state index >= 15 is 0 Å². The molecule has 0 fully saturated rings. The Morgan fingerprint density at radius 2 is 1.65 bits per heavy atom. The molecular weight excluding hydrogens is 474 g/mol. The Kier molecular flexibility index (Phi) is 8.97. The summed E-state index contributed by atoms with van der Waals surface area (Å²) in [5, 5.41) is 27.5. The van der Waals surface area contributed by atoms with E-state index in [4.69, 9.17) is 23.2 Å². The van der Waals surface area contributed by atoms with Crippen LogP contribution in [0.4, 0.5) is 0 Å². The van der Waals surface area contributed by atoms with Gasteiger partial charge < -0.3 is 20.7 Å². The van der Waals surface area contributed by atoms with Crippen LogP contribution in [-0.4, -0.2) is 41.0 Å². The summed E-state index contributed by atoms with van der Waals surface area (Å²) in [7, 11) is -1.73. The molecule has 0 bridgehead atoms. The third-order valence-electron chi connectivity index (χ3n) is 5.46. The molecule has 34 heavy (non-hydrogen) atoms. The van der Waals surface area contributed by atoms with Gasteiger partial charge in [0.15, 0.2) is 0 Å². The summed E-state index contributed by atoms with van der Waals surface area (Å²) in [4.78, 5) is 26.2. The first-order valence-corrected chi connectivity index (χ1v) is 11.8. The summed E-state index contributed by atoms with van der Waals surface area (Å²) < 4.78 is 0. The number of amides is 2. The molecule has 3 aromatic rings. The van der Waals surface area contributed by atoms with Crippen molar-refractivity contribution in [1.29, 1.82) is 0 Å². The average Bonchev–Trinajstić information content (AvgIpc) is 2.79. The summed E-state index contributed by atoms with van der Waals surface area (Å²) in [6.45, 7) is 3.83. The van der Waals surface area contributed by atoms with E-state index in [9.17, 15) is 19.6 Å². The topological polar surface area (TPSA) is 98.7 Å². The lowest BCUT2D eigenvalue weighted by molar-refractivity contribution is -0.123. The Labute approximate surface area is 209 Å². The van der Waals surface area contributed by atoms with Gasteiger partial charge in [0, 0.05) is 11.4 Å². The van der Waals surface area contributed by atoms with Gasteiger partial charge in [-0.15, -0.1) is 0 Å². The molecule has 0 saturated heterocycles. The van der Waals surface area contributed by atoms with E-state index in [1.54, 1.807) is 6.07 Å². The zero-order chi connectivity index (χ0) is 24.8. The first kappa shape index (κ1) is 26.0. The van der Waals surface area contributed by atoms with Crippen LogP contribution in [0, 0.1) is 5.92 Å². The van der Waals surface area contributed by atoms with E-state index in [-0.39, 0.29) is 22.9 Å². The molecule has 0 saturated carbocycles. The van der Waals surface area contributed by atoms with Crippen LogP contribution in [0.5, 0.6) is 0 Å². The van der Waals surface area contributed by atoms with Crippen LogP contribution in [0.2, 0.25) is 10.0 Å². The minimum atomic E-state index is -1.73. The molecule has 178 valence electrons. The van der Waals surface area contributed by atoms with Gasteiger partial charge in [0.25, 0.3) is 5.91 Å². The molecule has 0 unspecified atom stereocenters. The lowest BCUT2D eigenvalue weighted by Crippen LogP contribution is -2.55. The quantitative estimate of drug-likeness (QED) is 0.333. The summed E-state index contributed by atoms with van der Waals surface area (Å²) in [6.07, 6.45) is 0.552. The van der Waals surface area contributed by atoms with Gasteiger partial charge in [-0.05, 0) is 46.9 Å². The predicted molar refractivity (Wildman–Crippen MR) is 137 cm³/mol. The van der Waals surface area contributed by atoms with Crippen molar-refractivity contribution in [2.24, 2.45) is 5.92 Å². The molecule has 0 aliphatic rings. The van der Waals surface area contributed by atoms with Crippen molar-refractivity contribution >= 4 is 52.9 Å². The molecule has 0 radical (unpaired) electrons. The summed E-state index contributed by atoms with van der Waals surface area (Å²) in [5.41, 5.74) is 0.979. The number of halogens is 2. The highest BCUT2D eigenvalue weighted by molar-refractivity contribution is 6.43. The van der Waals surface area contributed by atoms with Gasteiger partial charge in [0.1, 0.15) is 6.04 Å². The van der Waals surface area contributed by atoms with Crippen molar-refractivity contribution in [3.8, 4) is 0 Å². The third kappa shape index (κ3) is 6.96. The van der Waals surface area contributed by atoms with Crippen molar-refractivity contribution < 1.29 is 19.6 Å². The zero-order valence-electron chi connectivity index (χ0n) is 19.0. The minimum Gasteiger partial charge on any atom is -0.426 e. The Balaban J connectivity index is 1.88. The fraction of sp³-hybridized carbons (Fsp3) is 0.280. The molecule has 0 aliphatic carbocycles. The smallest absolute Gasteiger partial charge is 0.426 e. The highest BCUT2D eigenvalue weighted by Gasteiger charge is 2.30. The SMILES string of the molecule is CC(C)C[C@H](NC(=O)[C@H](Cc1ccc2ccccc2c1)NC(=O)c1cc(Cl)ccc1Cl)B(O)O. The number of carbonyl (C=O) groups is 2. The maximum Gasteiger partial charge on any atom is 0.475 e. The number of nitrogens with one attached hydrogen (secondary N) is 2. The Morgan fingerprint density at radius 3 is 2.32 bits per heavy atom. The number of hydrogen-bond donors (Lipinski definition) is 4. The summed E-state index contributed by atoms with van der Waals surface area (Å²) in [5.74, 6) is -1.85. The predicted octanol–water partition coefficient (Wildman–Crippen LogP) is 4.03. The largest absolute Gasteiger partial charge is 0.475 e. The monoisotopic (exact) mass is 500 g/mol. The Bertz CT molecular complexity index is 1170. The normalized spacial score (nSPS) is 12.9. The first-order chi connectivity index (χ1) is 16.1. The number of benzene rings is 3. The average molecular weight is 501 g/mol. The van der Waals surface area contributed by atoms with Gasteiger partial charge in [-0.3, -0.25) is 9.59 Å². The molecule has 0 heterocycles. The van der Waals surface area contributed by atoms with E-state index in [1.165, 1.54) is 12.1 Å². The molecule has 2 atom stereocenters. The van der Waals surface area contributed by atoms with E-state index in [1.807, 2.05) is 56.3 Å². The lowest BCUT2D eigenvalue weighted by atomic mass is 9.75. The molecule has 0 aliphatic heterocycles. The molecule has 3 aromatic carbocycles. The molecule has 9 heteroatoms. The molecule has 4 N–H and O–H groups in total. The van der Waals surface area contributed by atoms with Crippen molar-refractivity contribution in [2.75, 3.05) is 0 Å². The minimum absolute atomic E-state index is 0.117. The molecule has 0 spiro atoms. The van der Waals surface area contributed by atoms with Crippen LogP contribution in [-0.2, 0) is 11.2 Å². The molecule has 0 aromatic heterocycles. The van der Waals surface area contributed by atoms with Crippen LogP contribution in [0.15, 0.2) is 60.7 Å².